The van der Waals surface area contributed by atoms with Gasteiger partial charge in [0.25, 0.3) is 0 Å². The van der Waals surface area contributed by atoms with E-state index >= 15 is 0 Å². The highest BCUT2D eigenvalue weighted by Crippen LogP contribution is 2.23. The zero-order chi connectivity index (χ0) is 12.3. The van der Waals surface area contributed by atoms with Gasteiger partial charge in [-0.2, -0.15) is 0 Å². The van der Waals surface area contributed by atoms with Crippen LogP contribution < -0.4 is 5.32 Å². The van der Waals surface area contributed by atoms with Gasteiger partial charge < -0.3 is 10.4 Å². The van der Waals surface area contributed by atoms with E-state index in [1.54, 1.807) is 0 Å². The largest absolute Gasteiger partial charge is 0.506 e. The topological polar surface area (TPSA) is 92.9 Å². The molecular weight excluding hydrogens is 229 g/mol. The Balaban J connectivity index is 2.05. The van der Waals surface area contributed by atoms with Crippen LogP contribution in [0.15, 0.2) is 24.5 Å². The van der Waals surface area contributed by atoms with E-state index in [2.05, 4.69) is 20.8 Å². The van der Waals surface area contributed by atoms with E-state index in [0.29, 0.717) is 0 Å². The fourth-order valence-electron chi connectivity index (χ4n) is 1.20. The van der Waals surface area contributed by atoms with Crippen molar-refractivity contribution in [3.63, 3.8) is 0 Å². The molecule has 0 aliphatic carbocycles. The van der Waals surface area contributed by atoms with Gasteiger partial charge in [-0.05, 0) is 22.6 Å². The first kappa shape index (κ1) is 11.0. The number of nitrogens with one attached hydrogen (secondary N) is 1. The molecule has 0 saturated heterocycles. The predicted molar refractivity (Wildman–Crippen MR) is 54.5 cm³/mol. The minimum atomic E-state index is -0.555. The molecule has 1 aromatic carbocycles. The number of anilines is 1. The number of rotatable bonds is 3. The number of carbonyl (C=O) groups is 1. The Bertz CT molecular complexity index is 528. The van der Waals surface area contributed by atoms with Crippen LogP contribution in [0.3, 0.4) is 0 Å². The highest BCUT2D eigenvalue weighted by molar-refractivity contribution is 5.91. The van der Waals surface area contributed by atoms with Crippen molar-refractivity contribution in [3.8, 4) is 5.75 Å². The predicted octanol–water partition coefficient (Wildman–Crippen LogP) is 0.156. The molecule has 2 rings (SSSR count). The number of nitrogens with zero attached hydrogens (tertiary/aromatic N) is 4. The molecule has 0 bridgehead atoms. The summed E-state index contributed by atoms with van der Waals surface area (Å²) >= 11 is 0. The summed E-state index contributed by atoms with van der Waals surface area (Å²) in [6.07, 6.45) is 1.27. The summed E-state index contributed by atoms with van der Waals surface area (Å²) in [6, 6.07) is 3.27. The van der Waals surface area contributed by atoms with Crippen LogP contribution in [0.5, 0.6) is 5.75 Å². The maximum absolute atomic E-state index is 12.9. The Morgan fingerprint density at radius 3 is 3.06 bits per heavy atom. The lowest BCUT2D eigenvalue weighted by Gasteiger charge is -2.06. The minimum Gasteiger partial charge on any atom is -0.506 e. The molecule has 0 aliphatic heterocycles. The highest BCUT2D eigenvalue weighted by Gasteiger charge is 2.08. The van der Waals surface area contributed by atoms with Gasteiger partial charge in [0.2, 0.25) is 5.91 Å². The summed E-state index contributed by atoms with van der Waals surface area (Å²) in [5, 5.41) is 21.9. The molecule has 88 valence electrons. The zero-order valence-electron chi connectivity index (χ0n) is 8.54. The second-order valence-electron chi connectivity index (χ2n) is 3.22. The molecule has 0 unspecified atom stereocenters. The van der Waals surface area contributed by atoms with Crippen molar-refractivity contribution in [2.45, 2.75) is 6.54 Å². The van der Waals surface area contributed by atoms with E-state index < -0.39 is 11.7 Å². The summed E-state index contributed by atoms with van der Waals surface area (Å²) in [4.78, 5) is 11.5. The molecule has 17 heavy (non-hydrogen) atoms. The van der Waals surface area contributed by atoms with Gasteiger partial charge in [0.05, 0.1) is 5.69 Å². The maximum Gasteiger partial charge on any atom is 0.246 e. The number of tetrazole rings is 1. The van der Waals surface area contributed by atoms with Crippen molar-refractivity contribution >= 4 is 11.6 Å². The van der Waals surface area contributed by atoms with Crippen molar-refractivity contribution in [2.75, 3.05) is 5.32 Å². The fraction of sp³-hybridized carbons (Fsp3) is 0.111. The lowest BCUT2D eigenvalue weighted by Crippen LogP contribution is -2.19. The number of aromatic hydroxyl groups is 1. The van der Waals surface area contributed by atoms with Crippen LogP contribution in [-0.2, 0) is 11.3 Å². The van der Waals surface area contributed by atoms with Gasteiger partial charge in [0.15, 0.2) is 0 Å². The minimum absolute atomic E-state index is 0.00285. The van der Waals surface area contributed by atoms with Gasteiger partial charge >= 0.3 is 0 Å². The second kappa shape index (κ2) is 4.56. The Morgan fingerprint density at radius 1 is 1.53 bits per heavy atom. The number of hydrogen-bond donors (Lipinski definition) is 2. The molecule has 0 aliphatic rings. The number of halogens is 1. The summed E-state index contributed by atoms with van der Waals surface area (Å²) in [5.41, 5.74) is 0.00285. The van der Waals surface area contributed by atoms with Gasteiger partial charge in [0, 0.05) is 6.07 Å². The summed E-state index contributed by atoms with van der Waals surface area (Å²) in [7, 11) is 0. The Morgan fingerprint density at radius 2 is 2.35 bits per heavy atom. The number of hydrogen-bond acceptors (Lipinski definition) is 5. The third-order valence-corrected chi connectivity index (χ3v) is 1.93. The lowest BCUT2D eigenvalue weighted by molar-refractivity contribution is -0.116. The normalized spacial score (nSPS) is 10.2. The Hall–Kier alpha value is -2.51. The van der Waals surface area contributed by atoms with Crippen LogP contribution in [0.25, 0.3) is 0 Å². The number of aromatic nitrogens is 4. The summed E-state index contributed by atoms with van der Waals surface area (Å²) in [6.45, 7) is -0.122. The zero-order valence-corrected chi connectivity index (χ0v) is 8.54. The van der Waals surface area contributed by atoms with Crippen LogP contribution >= 0.6 is 0 Å². The molecule has 0 radical (unpaired) electrons. The van der Waals surface area contributed by atoms with Crippen molar-refractivity contribution in [2.24, 2.45) is 0 Å². The average molecular weight is 237 g/mol. The number of phenolic OH excluding ortho intramolecular Hbond substituents is 1. The van der Waals surface area contributed by atoms with E-state index in [-0.39, 0.29) is 18.0 Å². The van der Waals surface area contributed by atoms with Gasteiger partial charge in [-0.3, -0.25) is 4.79 Å². The molecule has 8 heteroatoms. The van der Waals surface area contributed by atoms with E-state index in [9.17, 15) is 14.3 Å². The van der Waals surface area contributed by atoms with Crippen molar-refractivity contribution in [1.82, 2.24) is 20.2 Å². The van der Waals surface area contributed by atoms with Gasteiger partial charge in [-0.1, -0.05) is 0 Å². The molecule has 0 fully saturated rings. The molecule has 2 N–H and O–H groups in total. The smallest absolute Gasteiger partial charge is 0.246 e. The molecule has 1 aromatic heterocycles. The second-order valence-corrected chi connectivity index (χ2v) is 3.22. The van der Waals surface area contributed by atoms with E-state index in [4.69, 9.17) is 0 Å². The van der Waals surface area contributed by atoms with Gasteiger partial charge in [0.1, 0.15) is 24.4 Å². The molecule has 0 spiro atoms. The lowest BCUT2D eigenvalue weighted by atomic mass is 10.3. The van der Waals surface area contributed by atoms with E-state index in [1.165, 1.54) is 11.0 Å². The molecule has 2 aromatic rings. The van der Waals surface area contributed by atoms with Gasteiger partial charge in [-0.25, -0.2) is 9.07 Å². The highest BCUT2D eigenvalue weighted by atomic mass is 19.1. The first-order chi connectivity index (χ1) is 8.15. The van der Waals surface area contributed by atoms with Gasteiger partial charge in [-0.15, -0.1) is 5.10 Å². The SMILES string of the molecule is O=C(Cn1cnnn1)Nc1cc(F)ccc1O. The maximum atomic E-state index is 12.9. The molecule has 1 amide bonds. The number of carbonyl (C=O) groups excluding carboxylic acids is 1. The first-order valence-corrected chi connectivity index (χ1v) is 4.64. The van der Waals surface area contributed by atoms with Crippen LogP contribution in [0.2, 0.25) is 0 Å². The third kappa shape index (κ3) is 2.74. The van der Waals surface area contributed by atoms with E-state index in [0.717, 1.165) is 18.2 Å². The molecule has 7 nitrogen and oxygen atoms in total. The monoisotopic (exact) mass is 237 g/mol. The number of benzene rings is 1. The average Bonchev–Trinajstić information content (AvgIpc) is 2.76. The fourth-order valence-corrected chi connectivity index (χ4v) is 1.20. The number of phenols is 1. The third-order valence-electron chi connectivity index (χ3n) is 1.93. The first-order valence-electron chi connectivity index (χ1n) is 4.64. The van der Waals surface area contributed by atoms with E-state index in [1.807, 2.05) is 0 Å². The molecule has 1 heterocycles. The summed E-state index contributed by atoms with van der Waals surface area (Å²) in [5.74, 6) is -1.24. The van der Waals surface area contributed by atoms with Crippen LogP contribution in [0.1, 0.15) is 0 Å². The van der Waals surface area contributed by atoms with Crippen molar-refractivity contribution in [1.29, 1.82) is 0 Å². The summed E-state index contributed by atoms with van der Waals surface area (Å²) < 4.78 is 14.1. The number of amides is 1. The molecule has 0 saturated carbocycles. The van der Waals surface area contributed by atoms with Crippen molar-refractivity contribution in [3.05, 3.63) is 30.3 Å². The molecule has 0 atom stereocenters. The van der Waals surface area contributed by atoms with Crippen molar-refractivity contribution < 1.29 is 14.3 Å². The Labute approximate surface area is 94.9 Å². The molecular formula is C9H8FN5O2. The van der Waals surface area contributed by atoms with Crippen LogP contribution in [-0.4, -0.2) is 31.2 Å². The Kier molecular flexibility index (Phi) is 2.95. The standard InChI is InChI=1S/C9H8FN5O2/c10-6-1-2-8(16)7(3-6)12-9(17)4-15-5-11-13-14-15/h1-3,5,16H,4H2,(H,12,17). The quantitative estimate of drug-likeness (QED) is 0.741. The van der Waals surface area contributed by atoms with Crippen LogP contribution in [0.4, 0.5) is 10.1 Å². The van der Waals surface area contributed by atoms with Crippen LogP contribution in [0, 0.1) is 5.82 Å².